The Morgan fingerprint density at radius 1 is 1.00 bits per heavy atom. The van der Waals surface area contributed by atoms with Gasteiger partial charge in [-0.1, -0.05) is 38.2 Å². The van der Waals surface area contributed by atoms with Crippen LogP contribution in [-0.2, 0) is 0 Å². The highest BCUT2D eigenvalue weighted by Crippen LogP contribution is 2.40. The fourth-order valence-corrected chi connectivity index (χ4v) is 1.05. The van der Waals surface area contributed by atoms with Crippen LogP contribution in [-0.4, -0.2) is 4.87 Å². The predicted octanol–water partition coefficient (Wildman–Crippen LogP) is 3.14. The lowest BCUT2D eigenvalue weighted by Crippen LogP contribution is -2.34. The van der Waals surface area contributed by atoms with Crippen molar-refractivity contribution in [2.75, 3.05) is 0 Å². The number of hydrogen-bond acceptors (Lipinski definition) is 0. The lowest BCUT2D eigenvalue weighted by Gasteiger charge is -2.36. The van der Waals surface area contributed by atoms with E-state index in [1.807, 2.05) is 25.2 Å². The summed E-state index contributed by atoms with van der Waals surface area (Å²) in [6, 6.07) is 0. The Bertz CT molecular complexity index is 163. The van der Waals surface area contributed by atoms with Crippen molar-refractivity contribution in [3.05, 3.63) is 24.3 Å². The fraction of sp³-hybridized carbons (Fsp3) is 0.556. The van der Waals surface area contributed by atoms with Crippen LogP contribution in [0.25, 0.3) is 0 Å². The van der Waals surface area contributed by atoms with Crippen molar-refractivity contribution >= 4 is 11.6 Å². The zero-order valence-electron chi connectivity index (χ0n) is 6.69. The molecule has 0 aliphatic heterocycles. The molecule has 0 radical (unpaired) electrons. The highest BCUT2D eigenvalue weighted by atomic mass is 35.5. The first-order valence-corrected chi connectivity index (χ1v) is 3.89. The maximum absolute atomic E-state index is 6.23. The van der Waals surface area contributed by atoms with Crippen LogP contribution < -0.4 is 0 Å². The highest BCUT2D eigenvalue weighted by Gasteiger charge is 2.35. The monoisotopic (exact) mass is 156 g/mol. The molecular weight excluding hydrogens is 144 g/mol. The van der Waals surface area contributed by atoms with Crippen molar-refractivity contribution in [3.8, 4) is 0 Å². The van der Waals surface area contributed by atoms with Gasteiger partial charge in [0.1, 0.15) is 0 Å². The molecule has 1 aliphatic carbocycles. The van der Waals surface area contributed by atoms with Gasteiger partial charge in [-0.15, -0.1) is 11.6 Å². The fourth-order valence-electron chi connectivity index (χ4n) is 0.910. The molecule has 1 unspecified atom stereocenters. The topological polar surface area (TPSA) is 0 Å². The summed E-state index contributed by atoms with van der Waals surface area (Å²) in [7, 11) is 0. The van der Waals surface area contributed by atoms with Gasteiger partial charge in [-0.2, -0.15) is 0 Å². The van der Waals surface area contributed by atoms with Crippen molar-refractivity contribution < 1.29 is 0 Å². The molecule has 1 rings (SSSR count). The van der Waals surface area contributed by atoms with Gasteiger partial charge < -0.3 is 0 Å². The van der Waals surface area contributed by atoms with Gasteiger partial charge in [0, 0.05) is 5.41 Å². The second-order valence-corrected chi connectivity index (χ2v) is 4.30. The Morgan fingerprint density at radius 3 is 1.80 bits per heavy atom. The Morgan fingerprint density at radius 2 is 1.50 bits per heavy atom. The number of allylic oxidation sites excluding steroid dienone is 4. The van der Waals surface area contributed by atoms with Crippen molar-refractivity contribution in [3.63, 3.8) is 0 Å². The molecule has 56 valence electrons. The largest absolute Gasteiger partial charge is 0.114 e. The van der Waals surface area contributed by atoms with E-state index in [1.165, 1.54) is 0 Å². The maximum atomic E-state index is 6.23. The van der Waals surface area contributed by atoms with Gasteiger partial charge >= 0.3 is 0 Å². The molecule has 10 heavy (non-hydrogen) atoms. The third-order valence-corrected chi connectivity index (χ3v) is 2.91. The number of halogens is 1. The molecule has 0 bridgehead atoms. The second kappa shape index (κ2) is 2.13. The third-order valence-electron chi connectivity index (χ3n) is 2.29. The quantitative estimate of drug-likeness (QED) is 0.473. The summed E-state index contributed by atoms with van der Waals surface area (Å²) in [4.78, 5) is -0.220. The molecule has 0 heterocycles. The molecule has 0 aromatic carbocycles. The van der Waals surface area contributed by atoms with E-state index < -0.39 is 0 Å². The van der Waals surface area contributed by atoms with Crippen molar-refractivity contribution in [2.24, 2.45) is 5.41 Å². The van der Waals surface area contributed by atoms with Gasteiger partial charge in [0.05, 0.1) is 4.87 Å². The maximum Gasteiger partial charge on any atom is 0.0686 e. The molecule has 0 spiro atoms. The van der Waals surface area contributed by atoms with E-state index in [9.17, 15) is 0 Å². The first kappa shape index (κ1) is 7.87. The zero-order chi connectivity index (χ0) is 7.83. The van der Waals surface area contributed by atoms with Crippen molar-refractivity contribution in [1.29, 1.82) is 0 Å². The minimum Gasteiger partial charge on any atom is -0.114 e. The number of rotatable bonds is 0. The third kappa shape index (κ3) is 1.13. The summed E-state index contributed by atoms with van der Waals surface area (Å²) in [6.45, 7) is 6.31. The van der Waals surface area contributed by atoms with Gasteiger partial charge in [-0.25, -0.2) is 0 Å². The molecule has 1 heteroatoms. The number of hydrogen-bond donors (Lipinski definition) is 0. The Balaban J connectivity index is 2.96. The Kier molecular flexibility index (Phi) is 1.68. The van der Waals surface area contributed by atoms with E-state index in [2.05, 4.69) is 19.9 Å². The van der Waals surface area contributed by atoms with E-state index in [-0.39, 0.29) is 10.3 Å². The summed E-state index contributed by atoms with van der Waals surface area (Å²) in [5, 5.41) is 0. The Labute approximate surface area is 67.6 Å². The second-order valence-electron chi connectivity index (χ2n) is 3.52. The van der Waals surface area contributed by atoms with E-state index >= 15 is 0 Å². The lowest BCUT2D eigenvalue weighted by atomic mass is 9.76. The van der Waals surface area contributed by atoms with E-state index in [0.717, 1.165) is 0 Å². The van der Waals surface area contributed by atoms with E-state index in [0.29, 0.717) is 0 Å². The van der Waals surface area contributed by atoms with Crippen molar-refractivity contribution in [2.45, 2.75) is 25.6 Å². The summed E-state index contributed by atoms with van der Waals surface area (Å²) >= 11 is 6.23. The molecule has 0 amide bonds. The number of alkyl halides is 1. The summed E-state index contributed by atoms with van der Waals surface area (Å²) < 4.78 is 0. The molecule has 0 saturated carbocycles. The summed E-state index contributed by atoms with van der Waals surface area (Å²) in [5.41, 5.74) is 0.0727. The van der Waals surface area contributed by atoms with Gasteiger partial charge in [-0.3, -0.25) is 0 Å². The van der Waals surface area contributed by atoms with Gasteiger partial charge in [0.2, 0.25) is 0 Å². The van der Waals surface area contributed by atoms with Gasteiger partial charge in [-0.05, 0) is 6.92 Å². The summed E-state index contributed by atoms with van der Waals surface area (Å²) in [6.07, 6.45) is 8.22. The van der Waals surface area contributed by atoms with Crippen LogP contribution in [0.3, 0.4) is 0 Å². The van der Waals surface area contributed by atoms with Gasteiger partial charge in [0.25, 0.3) is 0 Å². The van der Waals surface area contributed by atoms with E-state index in [4.69, 9.17) is 11.6 Å². The van der Waals surface area contributed by atoms with Crippen LogP contribution in [0.2, 0.25) is 0 Å². The van der Waals surface area contributed by atoms with Crippen LogP contribution >= 0.6 is 11.6 Å². The minimum absolute atomic E-state index is 0.0727. The molecule has 0 fully saturated rings. The molecule has 0 saturated heterocycles. The first-order valence-electron chi connectivity index (χ1n) is 3.52. The normalized spacial score (nSPS) is 36.4. The molecule has 1 atom stereocenters. The average molecular weight is 157 g/mol. The standard InChI is InChI=1S/C9H13Cl/c1-8(2)6-4-5-7-9(8,3)10/h4-7H,1-3H3. The average Bonchev–Trinajstić information content (AvgIpc) is 1.77. The summed E-state index contributed by atoms with van der Waals surface area (Å²) in [5.74, 6) is 0. The molecule has 0 N–H and O–H groups in total. The first-order chi connectivity index (χ1) is 4.46. The van der Waals surface area contributed by atoms with Crippen LogP contribution in [0.4, 0.5) is 0 Å². The van der Waals surface area contributed by atoms with Crippen LogP contribution in [0.5, 0.6) is 0 Å². The SMILES string of the molecule is CC1(C)C=CC=CC1(C)Cl. The van der Waals surface area contributed by atoms with Crippen LogP contribution in [0, 0.1) is 5.41 Å². The minimum atomic E-state index is -0.220. The van der Waals surface area contributed by atoms with Crippen LogP contribution in [0.15, 0.2) is 24.3 Å². The Hall–Kier alpha value is -0.230. The molecule has 0 aromatic rings. The highest BCUT2D eigenvalue weighted by molar-refractivity contribution is 6.25. The smallest absolute Gasteiger partial charge is 0.0686 e. The lowest BCUT2D eigenvalue weighted by molar-refractivity contribution is 0.393. The van der Waals surface area contributed by atoms with E-state index in [1.54, 1.807) is 0 Å². The van der Waals surface area contributed by atoms with Crippen LogP contribution in [0.1, 0.15) is 20.8 Å². The molecule has 0 aromatic heterocycles. The predicted molar refractivity (Wildman–Crippen MR) is 46.3 cm³/mol. The molecule has 0 nitrogen and oxygen atoms in total. The zero-order valence-corrected chi connectivity index (χ0v) is 7.44. The molecule has 1 aliphatic rings. The molecular formula is C9H13Cl. The van der Waals surface area contributed by atoms with Gasteiger partial charge in [0.15, 0.2) is 0 Å². The van der Waals surface area contributed by atoms with Crippen molar-refractivity contribution in [1.82, 2.24) is 0 Å².